The summed E-state index contributed by atoms with van der Waals surface area (Å²) in [5.74, 6) is 0.682. The molecule has 1 atom stereocenters. The Morgan fingerprint density at radius 3 is 2.48 bits per heavy atom. The van der Waals surface area contributed by atoms with Gasteiger partial charge in [-0.05, 0) is 31.2 Å². The third-order valence-electron chi connectivity index (χ3n) is 4.43. The third kappa shape index (κ3) is 4.09. The van der Waals surface area contributed by atoms with Crippen molar-refractivity contribution in [3.8, 4) is 0 Å². The van der Waals surface area contributed by atoms with Crippen molar-refractivity contribution in [2.45, 2.75) is 51.5 Å². The molecule has 1 aromatic rings. The maximum atomic E-state index is 11.0. The Labute approximate surface area is 126 Å². The van der Waals surface area contributed by atoms with Gasteiger partial charge in [-0.3, -0.25) is 10.1 Å². The van der Waals surface area contributed by atoms with Crippen LogP contribution in [0.2, 0.25) is 0 Å². The van der Waals surface area contributed by atoms with Gasteiger partial charge in [-0.25, -0.2) is 0 Å². The van der Waals surface area contributed by atoms with Crippen molar-refractivity contribution in [3.05, 3.63) is 28.3 Å². The molecular formula is C16H25N3O2. The van der Waals surface area contributed by atoms with Crippen LogP contribution in [-0.4, -0.2) is 18.0 Å². The Morgan fingerprint density at radius 2 is 1.90 bits per heavy atom. The van der Waals surface area contributed by atoms with Crippen LogP contribution in [-0.2, 0) is 0 Å². The second kappa shape index (κ2) is 7.29. The number of hydrogen-bond donors (Lipinski definition) is 2. The van der Waals surface area contributed by atoms with Gasteiger partial charge in [-0.15, -0.1) is 0 Å². The second-order valence-electron chi connectivity index (χ2n) is 5.83. The minimum atomic E-state index is -0.340. The second-order valence-corrected chi connectivity index (χ2v) is 5.83. The van der Waals surface area contributed by atoms with E-state index in [1.807, 2.05) is 6.07 Å². The van der Waals surface area contributed by atoms with Crippen molar-refractivity contribution in [3.63, 3.8) is 0 Å². The fraction of sp³-hybridized carbons (Fsp3) is 0.625. The molecule has 1 aliphatic carbocycles. The number of hydrogen-bond acceptors (Lipinski definition) is 4. The Morgan fingerprint density at radius 1 is 1.24 bits per heavy atom. The molecule has 1 unspecified atom stereocenters. The van der Waals surface area contributed by atoms with Gasteiger partial charge in [-0.1, -0.05) is 26.2 Å². The van der Waals surface area contributed by atoms with Gasteiger partial charge >= 0.3 is 0 Å². The molecule has 1 aromatic carbocycles. The van der Waals surface area contributed by atoms with E-state index in [4.69, 9.17) is 0 Å². The quantitative estimate of drug-likeness (QED) is 0.602. The minimum absolute atomic E-state index is 0.128. The van der Waals surface area contributed by atoms with Crippen LogP contribution in [0, 0.1) is 16.0 Å². The third-order valence-corrected chi connectivity index (χ3v) is 4.43. The summed E-state index contributed by atoms with van der Waals surface area (Å²) >= 11 is 0. The fourth-order valence-electron chi connectivity index (χ4n) is 3.25. The monoisotopic (exact) mass is 291 g/mol. The molecule has 0 amide bonds. The van der Waals surface area contributed by atoms with E-state index in [2.05, 4.69) is 17.6 Å². The molecule has 0 bridgehead atoms. The molecular weight excluding hydrogens is 266 g/mol. The maximum absolute atomic E-state index is 11.0. The fourth-order valence-corrected chi connectivity index (χ4v) is 3.25. The first kappa shape index (κ1) is 15.6. The van der Waals surface area contributed by atoms with Crippen LogP contribution in [0.5, 0.6) is 0 Å². The Bertz CT molecular complexity index is 484. The van der Waals surface area contributed by atoms with Gasteiger partial charge < -0.3 is 10.6 Å². The lowest BCUT2D eigenvalue weighted by molar-refractivity contribution is -0.384. The Kier molecular flexibility index (Phi) is 5.42. The lowest BCUT2D eigenvalue weighted by Gasteiger charge is -2.31. The van der Waals surface area contributed by atoms with Crippen molar-refractivity contribution >= 4 is 17.1 Å². The van der Waals surface area contributed by atoms with Crippen LogP contribution < -0.4 is 10.6 Å². The Balaban J connectivity index is 2.15. The molecule has 1 aliphatic rings. The van der Waals surface area contributed by atoms with Gasteiger partial charge in [0.1, 0.15) is 0 Å². The molecule has 0 heterocycles. The summed E-state index contributed by atoms with van der Waals surface area (Å²) in [5, 5.41) is 17.5. The molecule has 0 spiro atoms. The summed E-state index contributed by atoms with van der Waals surface area (Å²) in [6, 6.07) is 5.54. The maximum Gasteiger partial charge on any atom is 0.273 e. The summed E-state index contributed by atoms with van der Waals surface area (Å²) < 4.78 is 0. The molecule has 0 radical (unpaired) electrons. The van der Waals surface area contributed by atoms with Gasteiger partial charge in [0, 0.05) is 36.6 Å². The molecule has 0 aromatic heterocycles. The van der Waals surface area contributed by atoms with Crippen LogP contribution in [0.25, 0.3) is 0 Å². The standard InChI is InChI=1S/C16H25N3O2/c1-3-16(12-7-5-4-6-8-12)18-14-9-13(17-2)10-15(11-14)19(20)21/h9-12,16-18H,3-8H2,1-2H3. The zero-order valence-corrected chi connectivity index (χ0v) is 12.9. The zero-order chi connectivity index (χ0) is 15.2. The lowest BCUT2D eigenvalue weighted by atomic mass is 9.83. The van der Waals surface area contributed by atoms with Crippen LogP contribution in [0.4, 0.5) is 17.1 Å². The number of non-ortho nitro benzene ring substituents is 1. The number of rotatable bonds is 6. The van der Waals surface area contributed by atoms with E-state index >= 15 is 0 Å². The highest BCUT2D eigenvalue weighted by Crippen LogP contribution is 2.31. The van der Waals surface area contributed by atoms with E-state index in [1.54, 1.807) is 19.2 Å². The van der Waals surface area contributed by atoms with E-state index < -0.39 is 0 Å². The molecule has 0 saturated heterocycles. The molecule has 0 aliphatic heterocycles. The first-order valence-corrected chi connectivity index (χ1v) is 7.87. The lowest BCUT2D eigenvalue weighted by Crippen LogP contribution is -2.30. The first-order valence-electron chi connectivity index (χ1n) is 7.87. The van der Waals surface area contributed by atoms with Crippen molar-refractivity contribution in [2.75, 3.05) is 17.7 Å². The smallest absolute Gasteiger partial charge is 0.273 e. The number of anilines is 2. The number of nitro benzene ring substituents is 1. The summed E-state index contributed by atoms with van der Waals surface area (Å²) in [4.78, 5) is 10.7. The van der Waals surface area contributed by atoms with Crippen LogP contribution in [0.3, 0.4) is 0 Å². The number of nitro groups is 1. The topological polar surface area (TPSA) is 67.2 Å². The predicted octanol–water partition coefficient (Wildman–Crippen LogP) is 4.41. The highest BCUT2D eigenvalue weighted by molar-refractivity contribution is 5.63. The molecule has 5 nitrogen and oxygen atoms in total. The molecule has 1 fully saturated rings. The Hall–Kier alpha value is -1.78. The molecule has 21 heavy (non-hydrogen) atoms. The zero-order valence-electron chi connectivity index (χ0n) is 12.9. The number of nitrogens with zero attached hydrogens (tertiary/aromatic N) is 1. The molecule has 5 heteroatoms. The van der Waals surface area contributed by atoms with E-state index in [1.165, 1.54) is 32.1 Å². The van der Waals surface area contributed by atoms with Crippen molar-refractivity contribution in [1.82, 2.24) is 0 Å². The van der Waals surface area contributed by atoms with Gasteiger partial charge in [0.2, 0.25) is 0 Å². The number of benzene rings is 1. The van der Waals surface area contributed by atoms with E-state index in [9.17, 15) is 10.1 Å². The summed E-state index contributed by atoms with van der Waals surface area (Å²) in [7, 11) is 1.78. The molecule has 2 N–H and O–H groups in total. The van der Waals surface area contributed by atoms with Crippen molar-refractivity contribution in [2.24, 2.45) is 5.92 Å². The van der Waals surface area contributed by atoms with Crippen LogP contribution in [0.1, 0.15) is 45.4 Å². The average Bonchev–Trinajstić information content (AvgIpc) is 2.53. The molecule has 1 saturated carbocycles. The van der Waals surface area contributed by atoms with Gasteiger partial charge in [0.25, 0.3) is 5.69 Å². The SMILES string of the molecule is CCC(Nc1cc(NC)cc([N+](=O)[O-])c1)C1CCCCC1. The van der Waals surface area contributed by atoms with E-state index in [-0.39, 0.29) is 10.6 Å². The highest BCUT2D eigenvalue weighted by Gasteiger charge is 2.22. The van der Waals surface area contributed by atoms with Gasteiger partial charge in [-0.2, -0.15) is 0 Å². The normalized spacial score (nSPS) is 17.2. The summed E-state index contributed by atoms with van der Waals surface area (Å²) in [5.41, 5.74) is 1.74. The van der Waals surface area contributed by atoms with Crippen molar-refractivity contribution < 1.29 is 4.92 Å². The van der Waals surface area contributed by atoms with Gasteiger partial charge in [0.15, 0.2) is 0 Å². The summed E-state index contributed by atoms with van der Waals surface area (Å²) in [6.45, 7) is 2.18. The molecule has 2 rings (SSSR count). The van der Waals surface area contributed by atoms with E-state index in [0.29, 0.717) is 12.0 Å². The first-order chi connectivity index (χ1) is 10.1. The van der Waals surface area contributed by atoms with Crippen molar-refractivity contribution in [1.29, 1.82) is 0 Å². The average molecular weight is 291 g/mol. The number of nitrogens with one attached hydrogen (secondary N) is 2. The minimum Gasteiger partial charge on any atom is -0.388 e. The van der Waals surface area contributed by atoms with E-state index in [0.717, 1.165) is 17.8 Å². The largest absolute Gasteiger partial charge is 0.388 e. The predicted molar refractivity (Wildman–Crippen MR) is 86.9 cm³/mol. The van der Waals surface area contributed by atoms with Crippen LogP contribution in [0.15, 0.2) is 18.2 Å². The summed E-state index contributed by atoms with van der Waals surface area (Å²) in [6.07, 6.45) is 7.52. The highest BCUT2D eigenvalue weighted by atomic mass is 16.6. The van der Waals surface area contributed by atoms with Gasteiger partial charge in [0.05, 0.1) is 4.92 Å². The molecule has 116 valence electrons. The van der Waals surface area contributed by atoms with Crippen LogP contribution >= 0.6 is 0 Å².